The number of aromatic nitrogens is 4. The number of benzene rings is 2. The smallest absolute Gasteiger partial charge is 0.269 e. The highest BCUT2D eigenvalue weighted by molar-refractivity contribution is 6.32. The lowest BCUT2D eigenvalue weighted by molar-refractivity contribution is 0.461. The predicted molar refractivity (Wildman–Crippen MR) is 132 cm³/mol. The van der Waals surface area contributed by atoms with Gasteiger partial charge in [0.05, 0.1) is 21.6 Å². The summed E-state index contributed by atoms with van der Waals surface area (Å²) in [5, 5.41) is 10.4. The molecule has 0 bridgehead atoms. The maximum absolute atomic E-state index is 13.5. The van der Waals surface area contributed by atoms with Crippen LogP contribution in [0.4, 0.5) is 0 Å². The van der Waals surface area contributed by atoms with Gasteiger partial charge < -0.3 is 9.30 Å². The van der Waals surface area contributed by atoms with Gasteiger partial charge in [-0.25, -0.2) is 4.98 Å². The van der Waals surface area contributed by atoms with Crippen LogP contribution in [0.15, 0.2) is 71.7 Å². The Labute approximate surface area is 199 Å². The normalized spacial score (nSPS) is 11.6. The lowest BCUT2D eigenvalue weighted by Gasteiger charge is -2.12. The molecule has 5 rings (SSSR count). The van der Waals surface area contributed by atoms with Gasteiger partial charge in [-0.15, -0.1) is 0 Å². The van der Waals surface area contributed by atoms with Gasteiger partial charge in [-0.3, -0.25) is 9.20 Å². The van der Waals surface area contributed by atoms with Gasteiger partial charge in [-0.05, 0) is 48.9 Å². The van der Waals surface area contributed by atoms with E-state index in [0.717, 1.165) is 16.6 Å². The molecule has 0 atom stereocenters. The summed E-state index contributed by atoms with van der Waals surface area (Å²) in [4.78, 5) is 22.8. The monoisotopic (exact) mass is 467 g/mol. The van der Waals surface area contributed by atoms with Gasteiger partial charge in [-0.2, -0.15) is 10.2 Å². The highest BCUT2D eigenvalue weighted by atomic mass is 35.5. The summed E-state index contributed by atoms with van der Waals surface area (Å²) in [6.07, 6.45) is 3.10. The Bertz CT molecular complexity index is 1710. The SMILES string of the molecule is Cc1cccn2c(=O)c(/C=C(\C#N)c3nc4ccccc4n3C)c(Oc3ccccc3Cl)nc12. The number of para-hydroxylation sites is 3. The molecule has 0 radical (unpaired) electrons. The molecule has 0 fully saturated rings. The number of nitrogens with zero attached hydrogens (tertiary/aromatic N) is 5. The van der Waals surface area contributed by atoms with Crippen molar-refractivity contribution in [1.82, 2.24) is 18.9 Å². The number of pyridine rings is 1. The van der Waals surface area contributed by atoms with Crippen LogP contribution >= 0.6 is 11.6 Å². The number of hydrogen-bond acceptors (Lipinski definition) is 5. The maximum Gasteiger partial charge on any atom is 0.269 e. The van der Waals surface area contributed by atoms with Gasteiger partial charge in [0.15, 0.2) is 5.82 Å². The van der Waals surface area contributed by atoms with E-state index in [9.17, 15) is 10.1 Å². The number of rotatable bonds is 4. The molecule has 3 heterocycles. The van der Waals surface area contributed by atoms with Crippen molar-refractivity contribution >= 4 is 39.9 Å². The first-order chi connectivity index (χ1) is 16.5. The van der Waals surface area contributed by atoms with Crippen molar-refractivity contribution in [2.45, 2.75) is 6.92 Å². The van der Waals surface area contributed by atoms with Gasteiger partial charge >= 0.3 is 0 Å². The average molecular weight is 468 g/mol. The second kappa shape index (κ2) is 8.50. The summed E-state index contributed by atoms with van der Waals surface area (Å²) in [6.45, 7) is 1.86. The number of allylic oxidation sites excluding steroid dienone is 1. The van der Waals surface area contributed by atoms with Gasteiger partial charge in [0.2, 0.25) is 5.88 Å². The number of halogens is 1. The van der Waals surface area contributed by atoms with E-state index in [1.807, 2.05) is 48.9 Å². The molecule has 0 spiro atoms. The summed E-state index contributed by atoms with van der Waals surface area (Å²) in [6, 6.07) is 20.3. The topological polar surface area (TPSA) is 85.2 Å². The molecule has 0 N–H and O–H groups in total. The van der Waals surface area contributed by atoms with Crippen molar-refractivity contribution in [3.05, 3.63) is 99.2 Å². The number of nitriles is 1. The molecule has 0 aliphatic rings. The molecule has 0 saturated heterocycles. The van der Waals surface area contributed by atoms with Crippen LogP contribution in [0.25, 0.3) is 28.3 Å². The van der Waals surface area contributed by atoms with E-state index in [4.69, 9.17) is 16.3 Å². The van der Waals surface area contributed by atoms with Gasteiger partial charge in [0, 0.05) is 13.2 Å². The molecule has 0 aliphatic heterocycles. The third-order valence-corrected chi connectivity index (χ3v) is 5.84. The first kappa shape index (κ1) is 21.4. The Morgan fingerprint density at radius 3 is 2.62 bits per heavy atom. The lowest BCUT2D eigenvalue weighted by atomic mass is 10.1. The van der Waals surface area contributed by atoms with Crippen LogP contribution in [0.2, 0.25) is 5.02 Å². The number of ether oxygens (including phenoxy) is 1. The number of aryl methyl sites for hydroxylation is 2. The average Bonchev–Trinajstić information content (AvgIpc) is 3.17. The minimum Gasteiger partial charge on any atom is -0.437 e. The molecular formula is C26H18ClN5O2. The first-order valence-corrected chi connectivity index (χ1v) is 10.8. The van der Waals surface area contributed by atoms with Crippen molar-refractivity contribution < 1.29 is 4.74 Å². The maximum atomic E-state index is 13.5. The summed E-state index contributed by atoms with van der Waals surface area (Å²) in [5.74, 6) is 0.838. The van der Waals surface area contributed by atoms with E-state index in [-0.39, 0.29) is 22.6 Å². The summed E-state index contributed by atoms with van der Waals surface area (Å²) < 4.78 is 9.27. The van der Waals surface area contributed by atoms with Crippen LogP contribution in [-0.4, -0.2) is 18.9 Å². The Morgan fingerprint density at radius 2 is 1.85 bits per heavy atom. The fourth-order valence-electron chi connectivity index (χ4n) is 3.80. The van der Waals surface area contributed by atoms with Crippen molar-refractivity contribution in [2.24, 2.45) is 7.05 Å². The summed E-state index contributed by atoms with van der Waals surface area (Å²) in [5.41, 5.74) is 2.82. The second-order valence-corrected chi connectivity index (χ2v) is 8.11. The van der Waals surface area contributed by atoms with E-state index in [1.165, 1.54) is 10.5 Å². The zero-order valence-electron chi connectivity index (χ0n) is 18.4. The van der Waals surface area contributed by atoms with Gasteiger partial charge in [-0.1, -0.05) is 41.9 Å². The predicted octanol–water partition coefficient (Wildman–Crippen LogP) is 5.40. The molecular weight excluding hydrogens is 450 g/mol. The molecule has 8 heteroatoms. The third kappa shape index (κ3) is 3.60. The second-order valence-electron chi connectivity index (χ2n) is 7.71. The summed E-state index contributed by atoms with van der Waals surface area (Å²) >= 11 is 6.29. The van der Waals surface area contributed by atoms with Crippen LogP contribution in [0.5, 0.6) is 11.6 Å². The number of fused-ring (bicyclic) bond motifs is 2. The third-order valence-electron chi connectivity index (χ3n) is 5.53. The quantitative estimate of drug-likeness (QED) is 0.330. The molecule has 3 aromatic heterocycles. The molecule has 0 aliphatic carbocycles. The zero-order valence-corrected chi connectivity index (χ0v) is 19.1. The fourth-order valence-corrected chi connectivity index (χ4v) is 3.98. The Morgan fingerprint density at radius 1 is 1.09 bits per heavy atom. The highest BCUT2D eigenvalue weighted by Gasteiger charge is 2.19. The minimum absolute atomic E-state index is 0.0546. The van der Waals surface area contributed by atoms with E-state index < -0.39 is 0 Å². The summed E-state index contributed by atoms with van der Waals surface area (Å²) in [7, 11) is 1.83. The van der Waals surface area contributed by atoms with Gasteiger partial charge in [0.1, 0.15) is 23.0 Å². The zero-order chi connectivity index (χ0) is 23.8. The van der Waals surface area contributed by atoms with Crippen molar-refractivity contribution in [1.29, 1.82) is 5.26 Å². The molecule has 5 aromatic rings. The Balaban J connectivity index is 1.77. The van der Waals surface area contributed by atoms with E-state index in [0.29, 0.717) is 22.2 Å². The molecule has 7 nitrogen and oxygen atoms in total. The fraction of sp³-hybridized carbons (Fsp3) is 0.0769. The van der Waals surface area contributed by atoms with Crippen molar-refractivity contribution in [2.75, 3.05) is 0 Å². The van der Waals surface area contributed by atoms with Crippen LogP contribution in [0, 0.1) is 18.3 Å². The number of imidazole rings is 1. The lowest BCUT2D eigenvalue weighted by Crippen LogP contribution is -2.19. The van der Waals surface area contributed by atoms with Crippen molar-refractivity contribution in [3.63, 3.8) is 0 Å². The molecule has 166 valence electrons. The molecule has 0 unspecified atom stereocenters. The molecule has 34 heavy (non-hydrogen) atoms. The Kier molecular flexibility index (Phi) is 5.36. The Hall–Kier alpha value is -4.41. The van der Waals surface area contributed by atoms with E-state index in [1.54, 1.807) is 36.5 Å². The van der Waals surface area contributed by atoms with Crippen LogP contribution < -0.4 is 10.3 Å². The van der Waals surface area contributed by atoms with E-state index in [2.05, 4.69) is 16.0 Å². The minimum atomic E-state index is -0.373. The van der Waals surface area contributed by atoms with Crippen LogP contribution in [-0.2, 0) is 7.05 Å². The first-order valence-electron chi connectivity index (χ1n) is 10.5. The number of hydrogen-bond donors (Lipinski definition) is 0. The van der Waals surface area contributed by atoms with Crippen molar-refractivity contribution in [3.8, 4) is 17.7 Å². The molecule has 0 saturated carbocycles. The molecule has 2 aromatic carbocycles. The molecule has 0 amide bonds. The standard InChI is InChI=1S/C26H18ClN5O2/c1-16-8-7-13-32-23(16)30-25(34-22-12-6-3-9-19(22)27)18(26(32)33)14-17(15-28)24-29-20-10-4-5-11-21(20)31(24)2/h3-14H,1-2H3/b17-14+. The van der Waals surface area contributed by atoms with Gasteiger partial charge in [0.25, 0.3) is 5.56 Å². The van der Waals surface area contributed by atoms with Crippen LogP contribution in [0.3, 0.4) is 0 Å². The van der Waals surface area contributed by atoms with E-state index >= 15 is 0 Å². The van der Waals surface area contributed by atoms with Crippen LogP contribution in [0.1, 0.15) is 17.0 Å². The largest absolute Gasteiger partial charge is 0.437 e. The highest BCUT2D eigenvalue weighted by Crippen LogP contribution is 2.31.